The molecule has 0 spiro atoms. The Morgan fingerprint density at radius 1 is 1.35 bits per heavy atom. The summed E-state index contributed by atoms with van der Waals surface area (Å²) < 4.78 is 10.6. The summed E-state index contributed by atoms with van der Waals surface area (Å²) in [6.07, 6.45) is 0. The van der Waals surface area contributed by atoms with Crippen molar-refractivity contribution in [2.24, 2.45) is 4.99 Å². The van der Waals surface area contributed by atoms with E-state index in [0.29, 0.717) is 5.96 Å². The minimum Gasteiger partial charge on any atom is -0.466 e. The number of methoxy groups -OCH3 is 1. The molecule has 0 saturated carbocycles. The van der Waals surface area contributed by atoms with Gasteiger partial charge in [0.05, 0.1) is 13.2 Å². The highest BCUT2D eigenvalue weighted by Gasteiger charge is 2.27. The van der Waals surface area contributed by atoms with Gasteiger partial charge in [0.15, 0.2) is 5.96 Å². The Balaban J connectivity index is 0.00000625. The Morgan fingerprint density at radius 3 is 2.58 bits per heavy atom. The fraction of sp³-hybridized carbons (Fsp3) is 0.722. The van der Waals surface area contributed by atoms with Gasteiger partial charge in [-0.2, -0.15) is 0 Å². The maximum absolute atomic E-state index is 10.8. The van der Waals surface area contributed by atoms with Crippen molar-refractivity contribution in [2.75, 3.05) is 53.5 Å². The Morgan fingerprint density at radius 2 is 2.04 bits per heavy atom. The third-order valence-electron chi connectivity index (χ3n) is 3.97. The lowest BCUT2D eigenvalue weighted by atomic mass is 9.96. The van der Waals surface area contributed by atoms with E-state index < -0.39 is 5.60 Å². The van der Waals surface area contributed by atoms with Crippen LogP contribution in [0.25, 0.3) is 0 Å². The maximum Gasteiger partial charge on any atom is 0.191 e. The van der Waals surface area contributed by atoms with E-state index in [-0.39, 0.29) is 30.5 Å². The summed E-state index contributed by atoms with van der Waals surface area (Å²) in [5.41, 5.74) is -0.289. The Labute approximate surface area is 174 Å². The molecule has 0 aromatic carbocycles. The normalized spacial score (nSPS) is 14.1. The topological polar surface area (TPSA) is 82.3 Å². The molecule has 0 fully saturated rings. The number of aryl methyl sites for hydroxylation is 2. The van der Waals surface area contributed by atoms with Crippen LogP contribution in [0.2, 0.25) is 0 Å². The minimum atomic E-state index is -1.07. The summed E-state index contributed by atoms with van der Waals surface area (Å²) in [5.74, 6) is 2.22. The zero-order chi connectivity index (χ0) is 18.9. The number of halogens is 1. The molecule has 152 valence electrons. The number of nitrogens with one attached hydrogen (secondary N) is 2. The predicted octanol–water partition coefficient (Wildman–Crippen LogP) is 1.86. The summed E-state index contributed by atoms with van der Waals surface area (Å²) >= 11 is 0. The van der Waals surface area contributed by atoms with Crippen LogP contribution >= 0.6 is 24.0 Å². The molecule has 7 nitrogen and oxygen atoms in total. The van der Waals surface area contributed by atoms with Crippen molar-refractivity contribution in [3.05, 3.63) is 23.2 Å². The van der Waals surface area contributed by atoms with E-state index in [1.165, 1.54) is 0 Å². The number of rotatable bonds is 10. The summed E-state index contributed by atoms with van der Waals surface area (Å²) in [4.78, 5) is 6.72. The van der Waals surface area contributed by atoms with Crippen molar-refractivity contribution in [3.63, 3.8) is 0 Å². The molecule has 1 aromatic rings. The zero-order valence-electron chi connectivity index (χ0n) is 16.9. The van der Waals surface area contributed by atoms with E-state index in [2.05, 4.69) is 27.6 Å². The fourth-order valence-corrected chi connectivity index (χ4v) is 2.55. The van der Waals surface area contributed by atoms with E-state index in [1.807, 2.05) is 26.8 Å². The van der Waals surface area contributed by atoms with E-state index >= 15 is 0 Å². The van der Waals surface area contributed by atoms with Crippen molar-refractivity contribution in [1.82, 2.24) is 15.5 Å². The first kappa shape index (κ1) is 25.2. The molecule has 0 aliphatic rings. The molecule has 8 heteroatoms. The lowest BCUT2D eigenvalue weighted by Crippen LogP contribution is -2.42. The molecule has 1 aromatic heterocycles. The number of aliphatic imine (C=N–C) groups is 1. The fourth-order valence-electron chi connectivity index (χ4n) is 2.55. The average Bonchev–Trinajstić information content (AvgIpc) is 2.90. The second kappa shape index (κ2) is 12.5. The number of guanidine groups is 1. The molecule has 0 aliphatic carbocycles. The molecule has 3 N–H and O–H groups in total. The smallest absolute Gasteiger partial charge is 0.191 e. The van der Waals surface area contributed by atoms with E-state index in [9.17, 15) is 5.11 Å². The SMILES string of the molecule is CCNC(=NCC(C)(O)c1cc(C)oc1C)NCCN(C)CCOC.I. The molecule has 1 atom stereocenters. The number of likely N-dealkylation sites (N-methyl/N-ethyl adjacent to an activating group) is 1. The minimum absolute atomic E-state index is 0. The Hall–Kier alpha value is -0.840. The second-order valence-electron chi connectivity index (χ2n) is 6.52. The summed E-state index contributed by atoms with van der Waals surface area (Å²) in [6, 6.07) is 1.87. The standard InChI is InChI=1S/C18H34N4O3.HI/c1-7-19-17(20-8-9-22(5)10-11-24-6)21-13-18(4,23)16-12-14(2)25-15(16)3;/h12,23H,7-11,13H2,1-6H3,(H2,19,20,21);1H. The Kier molecular flexibility index (Phi) is 12.1. The number of nitrogens with zero attached hydrogens (tertiary/aromatic N) is 2. The van der Waals surface area contributed by atoms with Crippen LogP contribution in [-0.2, 0) is 10.3 Å². The van der Waals surface area contributed by atoms with Gasteiger partial charge in [0.2, 0.25) is 0 Å². The largest absolute Gasteiger partial charge is 0.466 e. The van der Waals surface area contributed by atoms with Gasteiger partial charge in [-0.15, -0.1) is 24.0 Å². The number of hydrogen-bond donors (Lipinski definition) is 3. The first-order valence-electron chi connectivity index (χ1n) is 8.79. The molecule has 0 radical (unpaired) electrons. The summed E-state index contributed by atoms with van der Waals surface area (Å²) in [7, 11) is 3.76. The lowest BCUT2D eigenvalue weighted by Gasteiger charge is -2.22. The molecule has 0 aliphatic heterocycles. The van der Waals surface area contributed by atoms with Gasteiger partial charge in [0, 0.05) is 38.9 Å². The summed E-state index contributed by atoms with van der Waals surface area (Å²) in [5, 5.41) is 17.3. The quantitative estimate of drug-likeness (QED) is 0.268. The van der Waals surface area contributed by atoms with Crippen LogP contribution in [0.5, 0.6) is 0 Å². The van der Waals surface area contributed by atoms with Crippen molar-refractivity contribution >= 4 is 29.9 Å². The number of furan rings is 1. The lowest BCUT2D eigenvalue weighted by molar-refractivity contribution is 0.0657. The first-order chi connectivity index (χ1) is 11.8. The maximum atomic E-state index is 10.8. The van der Waals surface area contributed by atoms with Crippen LogP contribution < -0.4 is 10.6 Å². The van der Waals surface area contributed by atoms with Gasteiger partial charge < -0.3 is 29.8 Å². The number of ether oxygens (including phenoxy) is 1. The van der Waals surface area contributed by atoms with E-state index in [1.54, 1.807) is 14.0 Å². The predicted molar refractivity (Wildman–Crippen MR) is 117 cm³/mol. The molecule has 1 unspecified atom stereocenters. The Bertz CT molecular complexity index is 547. The highest BCUT2D eigenvalue weighted by Crippen LogP contribution is 2.27. The van der Waals surface area contributed by atoms with Crippen LogP contribution in [0.3, 0.4) is 0 Å². The van der Waals surface area contributed by atoms with Crippen LogP contribution in [0, 0.1) is 13.8 Å². The molecule has 1 heterocycles. The van der Waals surface area contributed by atoms with Gasteiger partial charge in [-0.05, 0) is 40.8 Å². The molecular weight excluding hydrogens is 447 g/mol. The van der Waals surface area contributed by atoms with Crippen molar-refractivity contribution in [2.45, 2.75) is 33.3 Å². The van der Waals surface area contributed by atoms with Crippen LogP contribution in [0.15, 0.2) is 15.5 Å². The van der Waals surface area contributed by atoms with Crippen LogP contribution in [-0.4, -0.2) is 69.5 Å². The van der Waals surface area contributed by atoms with Gasteiger partial charge >= 0.3 is 0 Å². The van der Waals surface area contributed by atoms with Crippen molar-refractivity contribution in [1.29, 1.82) is 0 Å². The monoisotopic (exact) mass is 482 g/mol. The van der Waals surface area contributed by atoms with Gasteiger partial charge in [-0.3, -0.25) is 0 Å². The van der Waals surface area contributed by atoms with Gasteiger partial charge in [0.1, 0.15) is 17.1 Å². The molecule has 26 heavy (non-hydrogen) atoms. The van der Waals surface area contributed by atoms with Crippen LogP contribution in [0.4, 0.5) is 0 Å². The highest BCUT2D eigenvalue weighted by atomic mass is 127. The zero-order valence-corrected chi connectivity index (χ0v) is 19.2. The van der Waals surface area contributed by atoms with Crippen molar-refractivity contribution in [3.8, 4) is 0 Å². The molecule has 0 amide bonds. The average molecular weight is 482 g/mol. The van der Waals surface area contributed by atoms with E-state index in [4.69, 9.17) is 9.15 Å². The molecular formula is C18H35IN4O3. The second-order valence-corrected chi connectivity index (χ2v) is 6.52. The third-order valence-corrected chi connectivity index (χ3v) is 3.97. The summed E-state index contributed by atoms with van der Waals surface area (Å²) in [6.45, 7) is 11.8. The third kappa shape index (κ3) is 8.70. The number of aliphatic hydroxyl groups is 1. The first-order valence-corrected chi connectivity index (χ1v) is 8.79. The van der Waals surface area contributed by atoms with Crippen LogP contribution in [0.1, 0.15) is 30.9 Å². The van der Waals surface area contributed by atoms with Gasteiger partial charge in [-0.25, -0.2) is 4.99 Å². The van der Waals surface area contributed by atoms with E-state index in [0.717, 1.165) is 49.9 Å². The molecule has 0 saturated heterocycles. The highest BCUT2D eigenvalue weighted by molar-refractivity contribution is 14.0. The number of hydrogen-bond acceptors (Lipinski definition) is 5. The van der Waals surface area contributed by atoms with Crippen molar-refractivity contribution < 1.29 is 14.3 Å². The van der Waals surface area contributed by atoms with Gasteiger partial charge in [0.25, 0.3) is 0 Å². The molecule has 1 rings (SSSR count). The molecule has 0 bridgehead atoms. The van der Waals surface area contributed by atoms with Gasteiger partial charge in [-0.1, -0.05) is 0 Å².